The van der Waals surface area contributed by atoms with Gasteiger partial charge in [0.1, 0.15) is 6.04 Å². The molecule has 2 fully saturated rings. The zero-order valence-electron chi connectivity index (χ0n) is 9.52. The van der Waals surface area contributed by atoms with Crippen molar-refractivity contribution in [2.45, 2.75) is 37.8 Å². The third kappa shape index (κ3) is 2.19. The standard InChI is InChI=1S/C11H18ClNO3/c1-15-11(14)10-8-4-2-3-5-9(8)16-13(10)7-6-12/h8-10H,2-7H2,1H3/t8-,9+,10-/m1/s1. The fraction of sp³-hybridized carbons (Fsp3) is 0.909. The van der Waals surface area contributed by atoms with Crippen molar-refractivity contribution in [1.29, 1.82) is 0 Å². The fourth-order valence-corrected chi connectivity index (χ4v) is 2.93. The zero-order valence-corrected chi connectivity index (χ0v) is 10.3. The highest BCUT2D eigenvalue weighted by Gasteiger charge is 2.48. The summed E-state index contributed by atoms with van der Waals surface area (Å²) in [5.74, 6) is 0.552. The van der Waals surface area contributed by atoms with Crippen molar-refractivity contribution in [2.24, 2.45) is 5.92 Å². The van der Waals surface area contributed by atoms with Crippen molar-refractivity contribution in [2.75, 3.05) is 19.5 Å². The number of hydroxylamine groups is 2. The van der Waals surface area contributed by atoms with E-state index in [1.165, 1.54) is 20.0 Å². The molecule has 1 saturated carbocycles. The highest BCUT2D eigenvalue weighted by atomic mass is 35.5. The Balaban J connectivity index is 2.11. The number of hydrogen-bond acceptors (Lipinski definition) is 4. The van der Waals surface area contributed by atoms with Gasteiger partial charge in [0.15, 0.2) is 0 Å². The summed E-state index contributed by atoms with van der Waals surface area (Å²) in [4.78, 5) is 17.6. The predicted molar refractivity (Wildman–Crippen MR) is 60.1 cm³/mol. The van der Waals surface area contributed by atoms with Gasteiger partial charge < -0.3 is 4.74 Å². The van der Waals surface area contributed by atoms with Crippen molar-refractivity contribution in [3.8, 4) is 0 Å². The number of carbonyl (C=O) groups excluding carboxylic acids is 1. The van der Waals surface area contributed by atoms with E-state index in [1.807, 2.05) is 0 Å². The van der Waals surface area contributed by atoms with Crippen molar-refractivity contribution >= 4 is 17.6 Å². The Morgan fingerprint density at radius 2 is 2.25 bits per heavy atom. The first-order chi connectivity index (χ1) is 7.77. The monoisotopic (exact) mass is 247 g/mol. The molecule has 0 amide bonds. The lowest BCUT2D eigenvalue weighted by Gasteiger charge is -2.25. The topological polar surface area (TPSA) is 38.8 Å². The number of alkyl halides is 1. The summed E-state index contributed by atoms with van der Waals surface area (Å²) in [6, 6.07) is -0.256. The highest BCUT2D eigenvalue weighted by molar-refractivity contribution is 6.18. The Morgan fingerprint density at radius 3 is 2.94 bits per heavy atom. The highest BCUT2D eigenvalue weighted by Crippen LogP contribution is 2.38. The van der Waals surface area contributed by atoms with Crippen LogP contribution in [0.15, 0.2) is 0 Å². The summed E-state index contributed by atoms with van der Waals surface area (Å²) in [5, 5.41) is 1.72. The lowest BCUT2D eigenvalue weighted by molar-refractivity contribution is -0.179. The molecule has 1 aliphatic heterocycles. The summed E-state index contributed by atoms with van der Waals surface area (Å²) in [7, 11) is 1.43. The van der Waals surface area contributed by atoms with Crippen LogP contribution in [-0.4, -0.2) is 42.7 Å². The van der Waals surface area contributed by atoms with E-state index in [1.54, 1.807) is 5.06 Å². The molecule has 0 bridgehead atoms. The second-order valence-corrected chi connectivity index (χ2v) is 4.77. The van der Waals surface area contributed by atoms with Gasteiger partial charge in [0.25, 0.3) is 0 Å². The molecule has 2 rings (SSSR count). The number of carbonyl (C=O) groups is 1. The summed E-state index contributed by atoms with van der Waals surface area (Å²) < 4.78 is 4.86. The molecule has 4 nitrogen and oxygen atoms in total. The molecule has 3 atom stereocenters. The van der Waals surface area contributed by atoms with Gasteiger partial charge in [-0.25, -0.2) is 0 Å². The van der Waals surface area contributed by atoms with Gasteiger partial charge in [-0.3, -0.25) is 9.63 Å². The molecule has 0 aromatic heterocycles. The number of fused-ring (bicyclic) bond motifs is 1. The second-order valence-electron chi connectivity index (χ2n) is 4.39. The summed E-state index contributed by atoms with van der Waals surface area (Å²) in [6.07, 6.45) is 4.62. The molecule has 0 radical (unpaired) electrons. The Bertz CT molecular complexity index is 262. The van der Waals surface area contributed by atoms with Gasteiger partial charge in [-0.05, 0) is 12.8 Å². The van der Waals surface area contributed by atoms with Crippen LogP contribution in [-0.2, 0) is 14.4 Å². The number of ether oxygens (including phenoxy) is 1. The van der Waals surface area contributed by atoms with E-state index in [9.17, 15) is 4.79 Å². The Kier molecular flexibility index (Phi) is 4.05. The molecule has 1 saturated heterocycles. The minimum atomic E-state index is -0.256. The van der Waals surface area contributed by atoms with Gasteiger partial charge in [-0.15, -0.1) is 11.6 Å². The SMILES string of the molecule is COC(=O)[C@H]1[C@@H]2CCCC[C@@H]2ON1CCCl. The molecular weight excluding hydrogens is 230 g/mol. The van der Waals surface area contributed by atoms with Crippen molar-refractivity contribution < 1.29 is 14.4 Å². The summed E-state index contributed by atoms with van der Waals surface area (Å²) >= 11 is 5.72. The summed E-state index contributed by atoms with van der Waals surface area (Å²) in [5.41, 5.74) is 0. The first-order valence-electron chi connectivity index (χ1n) is 5.85. The molecule has 0 aromatic rings. The molecule has 1 heterocycles. The maximum absolute atomic E-state index is 11.8. The quantitative estimate of drug-likeness (QED) is 0.561. The van der Waals surface area contributed by atoms with Crippen LogP contribution in [0, 0.1) is 5.92 Å². The Hall–Kier alpha value is -0.320. The average molecular weight is 248 g/mol. The molecule has 1 aliphatic carbocycles. The minimum absolute atomic E-state index is 0.182. The Labute approximate surface area is 101 Å². The molecule has 5 heteroatoms. The maximum Gasteiger partial charge on any atom is 0.325 e. The van der Waals surface area contributed by atoms with Gasteiger partial charge in [-0.2, -0.15) is 5.06 Å². The van der Waals surface area contributed by atoms with E-state index >= 15 is 0 Å². The van der Waals surface area contributed by atoms with Gasteiger partial charge in [0.2, 0.25) is 0 Å². The van der Waals surface area contributed by atoms with E-state index in [4.69, 9.17) is 21.2 Å². The molecular formula is C11H18ClNO3. The summed E-state index contributed by atoms with van der Waals surface area (Å²) in [6.45, 7) is 0.578. The largest absolute Gasteiger partial charge is 0.468 e. The van der Waals surface area contributed by atoms with Crippen LogP contribution >= 0.6 is 11.6 Å². The Morgan fingerprint density at radius 1 is 1.50 bits per heavy atom. The van der Waals surface area contributed by atoms with Crippen LogP contribution in [0.2, 0.25) is 0 Å². The number of halogens is 1. The number of nitrogens with zero attached hydrogens (tertiary/aromatic N) is 1. The van der Waals surface area contributed by atoms with Crippen molar-refractivity contribution in [3.05, 3.63) is 0 Å². The van der Waals surface area contributed by atoms with Gasteiger partial charge in [0.05, 0.1) is 13.2 Å². The lowest BCUT2D eigenvalue weighted by Crippen LogP contribution is -2.41. The molecule has 0 N–H and O–H groups in total. The van der Waals surface area contributed by atoms with E-state index in [0.29, 0.717) is 12.4 Å². The third-order valence-corrected chi connectivity index (χ3v) is 3.66. The minimum Gasteiger partial charge on any atom is -0.468 e. The zero-order chi connectivity index (χ0) is 11.5. The number of rotatable bonds is 3. The number of esters is 1. The van der Waals surface area contributed by atoms with Gasteiger partial charge in [-0.1, -0.05) is 12.8 Å². The smallest absolute Gasteiger partial charge is 0.325 e. The fourth-order valence-electron chi connectivity index (χ4n) is 2.76. The lowest BCUT2D eigenvalue weighted by atomic mass is 9.82. The molecule has 0 spiro atoms. The molecule has 0 aromatic carbocycles. The van der Waals surface area contributed by atoms with Gasteiger partial charge in [0, 0.05) is 18.3 Å². The number of methoxy groups -OCH3 is 1. The molecule has 2 aliphatic rings. The first kappa shape index (κ1) is 12.1. The molecule has 0 unspecified atom stereocenters. The first-order valence-corrected chi connectivity index (χ1v) is 6.38. The number of hydrogen-bond donors (Lipinski definition) is 0. The van der Waals surface area contributed by atoms with Crippen molar-refractivity contribution in [1.82, 2.24) is 5.06 Å². The predicted octanol–water partition coefficient (Wildman–Crippen LogP) is 1.57. The van der Waals surface area contributed by atoms with Crippen LogP contribution in [0.5, 0.6) is 0 Å². The van der Waals surface area contributed by atoms with E-state index in [-0.39, 0.29) is 24.0 Å². The van der Waals surface area contributed by atoms with Crippen LogP contribution in [0.4, 0.5) is 0 Å². The average Bonchev–Trinajstić information content (AvgIpc) is 2.66. The molecule has 16 heavy (non-hydrogen) atoms. The van der Waals surface area contributed by atoms with E-state index in [2.05, 4.69) is 0 Å². The van der Waals surface area contributed by atoms with Crippen molar-refractivity contribution in [3.63, 3.8) is 0 Å². The molecule has 92 valence electrons. The maximum atomic E-state index is 11.8. The van der Waals surface area contributed by atoms with E-state index < -0.39 is 0 Å². The van der Waals surface area contributed by atoms with Crippen LogP contribution in [0.3, 0.4) is 0 Å². The van der Waals surface area contributed by atoms with Gasteiger partial charge >= 0.3 is 5.97 Å². The second kappa shape index (κ2) is 5.34. The van der Waals surface area contributed by atoms with E-state index in [0.717, 1.165) is 12.8 Å². The normalized spacial score (nSPS) is 34.8. The third-order valence-electron chi connectivity index (χ3n) is 3.49. The van der Waals surface area contributed by atoms with Crippen LogP contribution < -0.4 is 0 Å². The van der Waals surface area contributed by atoms with Crippen LogP contribution in [0.1, 0.15) is 25.7 Å². The van der Waals surface area contributed by atoms with Crippen LogP contribution in [0.25, 0.3) is 0 Å².